The van der Waals surface area contributed by atoms with Gasteiger partial charge in [-0.05, 0) is 0 Å². The average molecular weight is 297 g/mol. The Labute approximate surface area is 99.3 Å². The summed E-state index contributed by atoms with van der Waals surface area (Å²) in [6, 6.07) is 0. The predicted molar refractivity (Wildman–Crippen MR) is 8.54 cm³/mol. The Morgan fingerprint density at radius 1 is 1.00 bits per heavy atom. The van der Waals surface area contributed by atoms with Gasteiger partial charge in [0.1, 0.15) is 0 Å². The van der Waals surface area contributed by atoms with Crippen molar-refractivity contribution in [3.8, 4) is 0 Å². The van der Waals surface area contributed by atoms with E-state index in [1.54, 1.807) is 0 Å². The summed E-state index contributed by atoms with van der Waals surface area (Å²) in [6.45, 7) is 0. The molecule has 0 fully saturated rings. The molecule has 0 aromatic carbocycles. The van der Waals surface area contributed by atoms with E-state index in [9.17, 15) is 0 Å². The zero-order valence-corrected chi connectivity index (χ0v) is 5.48. The molecule has 0 N–H and O–H groups in total. The maximum absolute atomic E-state index is 0. The fourth-order valence-electron chi connectivity index (χ4n) is 0. The van der Waals surface area contributed by atoms with Crippen molar-refractivity contribution in [3.63, 3.8) is 0 Å². The molecule has 0 heterocycles. The van der Waals surface area contributed by atoms with E-state index < -0.39 is 0 Å². The molecule has 0 nitrogen and oxygen atoms in total. The zero-order chi connectivity index (χ0) is 0. The van der Waals surface area contributed by atoms with Crippen LogP contribution in [0.25, 0.3) is 0 Å². The van der Waals surface area contributed by atoms with Crippen molar-refractivity contribution in [1.29, 1.82) is 0 Å². The van der Waals surface area contributed by atoms with Crippen molar-refractivity contribution in [1.82, 2.24) is 0 Å². The van der Waals surface area contributed by atoms with E-state index in [0.717, 1.165) is 0 Å². The van der Waals surface area contributed by atoms with Gasteiger partial charge in [-0.25, -0.2) is 0 Å². The molecule has 0 atom stereocenters. The van der Waals surface area contributed by atoms with Gasteiger partial charge in [0.05, 0.1) is 0 Å². The first-order valence-electron chi connectivity index (χ1n) is 0. The van der Waals surface area contributed by atoms with E-state index in [4.69, 9.17) is 0 Å². The summed E-state index contributed by atoms with van der Waals surface area (Å²) in [6.07, 6.45) is 0. The quantitative estimate of drug-likeness (QED) is 0.507. The van der Waals surface area contributed by atoms with Crippen molar-refractivity contribution >= 4 is 45.5 Å². The van der Waals surface area contributed by atoms with Crippen LogP contribution in [0.5, 0.6) is 0 Å². The fraction of sp³-hybridized carbons (Fsp3) is 0. The molecule has 0 amide bonds. The van der Waals surface area contributed by atoms with Crippen LogP contribution in [0.4, 0.5) is 0 Å². The van der Waals surface area contributed by atoms with Crippen molar-refractivity contribution < 1.29 is 56.2 Å². The Morgan fingerprint density at radius 3 is 1.00 bits per heavy atom. The molecule has 0 aliphatic heterocycles. The van der Waals surface area contributed by atoms with Crippen LogP contribution in [0, 0.1) is 0 Å². The van der Waals surface area contributed by atoms with Crippen LogP contribution in [0.1, 0.15) is 0 Å². The van der Waals surface area contributed by atoms with Gasteiger partial charge in [0.2, 0.25) is 0 Å². The number of hydrogen-bond acceptors (Lipinski definition) is 0. The zero-order valence-electron chi connectivity index (χ0n) is 1.13. The van der Waals surface area contributed by atoms with Gasteiger partial charge in [-0.3, -0.25) is 0 Å². The second kappa shape index (κ2) is 16.3. The Morgan fingerprint density at radius 2 is 1.00 bits per heavy atom. The molecule has 0 saturated carbocycles. The minimum atomic E-state index is 0. The molecular formula is H2CoFeNbSr. The second-order valence-corrected chi connectivity index (χ2v) is 0. The van der Waals surface area contributed by atoms with Gasteiger partial charge >= 0.3 is 45.5 Å². The molecule has 0 rings (SSSR count). The summed E-state index contributed by atoms with van der Waals surface area (Å²) in [5.41, 5.74) is 0. The van der Waals surface area contributed by atoms with Gasteiger partial charge in [0.25, 0.3) is 0 Å². The number of hydrogen-bond donors (Lipinski definition) is 0. The van der Waals surface area contributed by atoms with Crippen LogP contribution in [-0.2, 0) is 56.2 Å². The molecule has 0 saturated heterocycles. The first-order valence-corrected chi connectivity index (χ1v) is 0. The van der Waals surface area contributed by atoms with Gasteiger partial charge < -0.3 is 0 Å². The van der Waals surface area contributed by atoms with Crippen LogP contribution in [0.15, 0.2) is 0 Å². The standard InChI is InChI=1S/Co.Fe.Nb.Sr.2H. The first kappa shape index (κ1) is 26.8. The third-order valence-corrected chi connectivity index (χ3v) is 0. The summed E-state index contributed by atoms with van der Waals surface area (Å²) < 4.78 is 0. The molecule has 0 spiro atoms. The topological polar surface area (TPSA) is 0 Å². The molecule has 0 aromatic rings. The molecule has 0 aliphatic rings. The predicted octanol–water partition coefficient (Wildman–Crippen LogP) is -0.924. The fourth-order valence-corrected chi connectivity index (χ4v) is 0. The SMILES string of the molecule is [Co].[Fe].[Nb].[SrH2]. The molecule has 0 unspecified atom stereocenters. The number of rotatable bonds is 0. The van der Waals surface area contributed by atoms with Crippen LogP contribution in [-0.4, -0.2) is 45.5 Å². The van der Waals surface area contributed by atoms with E-state index >= 15 is 0 Å². The molecule has 0 bridgehead atoms. The Hall–Kier alpha value is 3.25. The maximum atomic E-state index is 0. The van der Waals surface area contributed by atoms with Crippen molar-refractivity contribution in [2.75, 3.05) is 0 Å². The summed E-state index contributed by atoms with van der Waals surface area (Å²) in [5.74, 6) is 0. The van der Waals surface area contributed by atoms with E-state index in [-0.39, 0.29) is 102 Å². The molecule has 26 valence electrons. The second-order valence-electron chi connectivity index (χ2n) is 0. The van der Waals surface area contributed by atoms with E-state index in [2.05, 4.69) is 0 Å². The molecule has 4 heteroatoms. The van der Waals surface area contributed by atoms with Crippen LogP contribution in [0.3, 0.4) is 0 Å². The summed E-state index contributed by atoms with van der Waals surface area (Å²) in [7, 11) is 0. The van der Waals surface area contributed by atoms with E-state index in [1.807, 2.05) is 0 Å². The molecule has 0 aliphatic carbocycles. The van der Waals surface area contributed by atoms with Crippen molar-refractivity contribution in [2.24, 2.45) is 0 Å². The third-order valence-electron chi connectivity index (χ3n) is 0. The minimum absolute atomic E-state index is 0. The van der Waals surface area contributed by atoms with Gasteiger partial charge in [-0.2, -0.15) is 0 Å². The third kappa shape index (κ3) is 8.98. The van der Waals surface area contributed by atoms with Crippen molar-refractivity contribution in [2.45, 2.75) is 0 Å². The molecular weight excluding hydrogens is 295 g/mol. The first-order chi connectivity index (χ1) is 0. The summed E-state index contributed by atoms with van der Waals surface area (Å²) in [4.78, 5) is 0. The van der Waals surface area contributed by atoms with Crippen molar-refractivity contribution in [3.05, 3.63) is 0 Å². The van der Waals surface area contributed by atoms with Crippen LogP contribution >= 0.6 is 0 Å². The van der Waals surface area contributed by atoms with E-state index in [1.165, 1.54) is 0 Å². The molecule has 4 heavy (non-hydrogen) atoms. The van der Waals surface area contributed by atoms with E-state index in [0.29, 0.717) is 0 Å². The Kier molecular flexibility index (Phi) is 109. The van der Waals surface area contributed by atoms with Crippen LogP contribution in [0.2, 0.25) is 0 Å². The van der Waals surface area contributed by atoms with Gasteiger partial charge in [-0.15, -0.1) is 0 Å². The monoisotopic (exact) mass is 298 g/mol. The average Bonchev–Trinajstić information content (AvgIpc) is 0. The normalized spacial score (nSPS) is 0. The van der Waals surface area contributed by atoms with Gasteiger partial charge in [-0.1, -0.05) is 0 Å². The molecule has 2 radical (unpaired) electrons. The van der Waals surface area contributed by atoms with Crippen LogP contribution < -0.4 is 0 Å². The Bertz CT molecular complexity index is 8.00. The summed E-state index contributed by atoms with van der Waals surface area (Å²) >= 11 is 0. The van der Waals surface area contributed by atoms with Gasteiger partial charge in [0, 0.05) is 56.2 Å². The molecule has 0 aromatic heterocycles. The summed E-state index contributed by atoms with van der Waals surface area (Å²) in [5, 5.41) is 0. The van der Waals surface area contributed by atoms with Gasteiger partial charge in [0.15, 0.2) is 0 Å². The Balaban J connectivity index is 0.